The Hall–Kier alpha value is -3.55. The van der Waals surface area contributed by atoms with Gasteiger partial charge in [0.05, 0.1) is 0 Å². The maximum Gasteiger partial charge on any atom is 0.321 e. The van der Waals surface area contributed by atoms with Crippen LogP contribution in [0.4, 0.5) is 26.7 Å². The van der Waals surface area contributed by atoms with Crippen molar-refractivity contribution in [2.24, 2.45) is 0 Å². The molecule has 1 aliphatic heterocycles. The van der Waals surface area contributed by atoms with Gasteiger partial charge in [0.1, 0.15) is 0 Å². The lowest BCUT2D eigenvalue weighted by Crippen LogP contribution is -2.35. The minimum Gasteiger partial charge on any atom is -0.337 e. The molecule has 1 saturated heterocycles. The summed E-state index contributed by atoms with van der Waals surface area (Å²) in [5.74, 6) is -0.207. The Morgan fingerprint density at radius 2 is 1.29 bits per heavy atom. The molecule has 164 valence electrons. The molecule has 31 heavy (non-hydrogen) atoms. The lowest BCUT2D eigenvalue weighted by Gasteiger charge is -2.20. The topological polar surface area (TPSA) is 103 Å². The second kappa shape index (κ2) is 11.6. The molecule has 4 N–H and O–H groups in total. The highest BCUT2D eigenvalue weighted by Gasteiger charge is 2.15. The van der Waals surface area contributed by atoms with Crippen LogP contribution < -0.4 is 21.3 Å². The molecule has 0 atom stereocenters. The number of carbonyl (C=O) groups is 3. The first-order valence-corrected chi connectivity index (χ1v) is 10.7. The van der Waals surface area contributed by atoms with E-state index in [2.05, 4.69) is 21.3 Å². The van der Waals surface area contributed by atoms with Gasteiger partial charge < -0.3 is 26.2 Å². The molecule has 1 heterocycles. The van der Waals surface area contributed by atoms with Gasteiger partial charge in [-0.05, 0) is 49.2 Å². The Morgan fingerprint density at radius 3 is 1.94 bits per heavy atom. The fourth-order valence-corrected chi connectivity index (χ4v) is 3.32. The summed E-state index contributed by atoms with van der Waals surface area (Å²) in [6.45, 7) is 1.79. The maximum atomic E-state index is 12.4. The molecular formula is C23H29N5O3. The van der Waals surface area contributed by atoms with E-state index in [0.29, 0.717) is 17.1 Å². The van der Waals surface area contributed by atoms with Gasteiger partial charge in [0.2, 0.25) is 5.91 Å². The van der Waals surface area contributed by atoms with Crippen molar-refractivity contribution < 1.29 is 14.4 Å². The third kappa shape index (κ3) is 7.65. The number of hydrogen-bond acceptors (Lipinski definition) is 3. The fraction of sp³-hybridized carbons (Fsp3) is 0.348. The summed E-state index contributed by atoms with van der Waals surface area (Å²) in [6, 6.07) is 15.7. The van der Waals surface area contributed by atoms with Crippen LogP contribution in [-0.2, 0) is 4.79 Å². The molecule has 1 aliphatic rings. The van der Waals surface area contributed by atoms with Crippen LogP contribution in [0.25, 0.3) is 0 Å². The molecule has 8 heteroatoms. The van der Waals surface area contributed by atoms with Crippen LogP contribution in [0.2, 0.25) is 0 Å². The predicted molar refractivity (Wildman–Crippen MR) is 122 cm³/mol. The molecule has 0 aliphatic carbocycles. The number of amides is 5. The van der Waals surface area contributed by atoms with Crippen LogP contribution in [0.5, 0.6) is 0 Å². The van der Waals surface area contributed by atoms with E-state index >= 15 is 0 Å². The number of benzene rings is 2. The predicted octanol–water partition coefficient (Wildman–Crippen LogP) is 4.24. The van der Waals surface area contributed by atoms with Gasteiger partial charge in [0.15, 0.2) is 0 Å². The quantitative estimate of drug-likeness (QED) is 0.559. The number of hydrogen-bond donors (Lipinski definition) is 4. The standard InChI is InChI=1S/C23H29N5O3/c29-21(14-15-24-22(30)26-18-8-4-3-5-9-18)25-19-10-12-20(13-11-19)27-23(31)28-16-6-1-2-7-17-28/h3-5,8-13H,1-2,6-7,14-17H2,(H,25,29)(H,27,31)(H2,24,26,30). The summed E-state index contributed by atoms with van der Waals surface area (Å²) in [7, 11) is 0. The van der Waals surface area contributed by atoms with Gasteiger partial charge in [-0.3, -0.25) is 4.79 Å². The third-order valence-electron chi connectivity index (χ3n) is 4.98. The number of likely N-dealkylation sites (tertiary alicyclic amines) is 1. The Bertz CT molecular complexity index is 863. The third-order valence-corrected chi connectivity index (χ3v) is 4.98. The summed E-state index contributed by atoms with van der Waals surface area (Å²) in [4.78, 5) is 38.1. The normalized spacial score (nSPS) is 13.6. The molecule has 0 spiro atoms. The summed E-state index contributed by atoms with van der Waals surface area (Å²) < 4.78 is 0. The lowest BCUT2D eigenvalue weighted by molar-refractivity contribution is -0.116. The van der Waals surface area contributed by atoms with E-state index in [9.17, 15) is 14.4 Å². The van der Waals surface area contributed by atoms with Crippen molar-refractivity contribution in [1.82, 2.24) is 10.2 Å². The number of carbonyl (C=O) groups excluding carboxylic acids is 3. The molecule has 0 unspecified atom stereocenters. The van der Waals surface area contributed by atoms with Crippen LogP contribution in [0.1, 0.15) is 32.1 Å². The highest BCUT2D eigenvalue weighted by atomic mass is 16.2. The van der Waals surface area contributed by atoms with Crippen LogP contribution in [0.15, 0.2) is 54.6 Å². The monoisotopic (exact) mass is 423 g/mol. The molecule has 0 radical (unpaired) electrons. The maximum absolute atomic E-state index is 12.4. The van der Waals surface area contributed by atoms with E-state index in [0.717, 1.165) is 25.9 Å². The number of nitrogens with one attached hydrogen (secondary N) is 4. The average molecular weight is 424 g/mol. The summed E-state index contributed by atoms with van der Waals surface area (Å²) >= 11 is 0. The molecule has 0 saturated carbocycles. The van der Waals surface area contributed by atoms with Crippen molar-refractivity contribution >= 4 is 35.0 Å². The average Bonchev–Trinajstić information content (AvgIpc) is 3.05. The van der Waals surface area contributed by atoms with Crippen LogP contribution >= 0.6 is 0 Å². The Labute approximate surface area is 182 Å². The van der Waals surface area contributed by atoms with E-state index in [-0.39, 0.29) is 30.9 Å². The Balaban J connectivity index is 1.37. The zero-order valence-electron chi connectivity index (χ0n) is 17.5. The van der Waals surface area contributed by atoms with Gasteiger partial charge in [-0.25, -0.2) is 9.59 Å². The fourth-order valence-electron chi connectivity index (χ4n) is 3.32. The Morgan fingerprint density at radius 1 is 0.710 bits per heavy atom. The van der Waals surface area contributed by atoms with Gasteiger partial charge in [0, 0.05) is 43.1 Å². The smallest absolute Gasteiger partial charge is 0.321 e. The molecule has 3 rings (SSSR count). The first-order chi connectivity index (χ1) is 15.1. The summed E-state index contributed by atoms with van der Waals surface area (Å²) in [5, 5.41) is 11.0. The minimum atomic E-state index is -0.358. The summed E-state index contributed by atoms with van der Waals surface area (Å²) in [6.07, 6.45) is 4.58. The lowest BCUT2D eigenvalue weighted by atomic mass is 10.2. The molecule has 2 aromatic carbocycles. The van der Waals surface area contributed by atoms with Crippen molar-refractivity contribution in [1.29, 1.82) is 0 Å². The van der Waals surface area contributed by atoms with Crippen molar-refractivity contribution in [3.8, 4) is 0 Å². The number of urea groups is 2. The highest BCUT2D eigenvalue weighted by Crippen LogP contribution is 2.16. The molecule has 2 aromatic rings. The van der Waals surface area contributed by atoms with E-state index in [1.54, 1.807) is 36.4 Å². The van der Waals surface area contributed by atoms with Gasteiger partial charge in [0.25, 0.3) is 0 Å². The van der Waals surface area contributed by atoms with Crippen LogP contribution in [0.3, 0.4) is 0 Å². The molecule has 1 fully saturated rings. The van der Waals surface area contributed by atoms with Gasteiger partial charge >= 0.3 is 12.1 Å². The molecule has 5 amide bonds. The van der Waals surface area contributed by atoms with Crippen molar-refractivity contribution in [2.75, 3.05) is 35.6 Å². The first kappa shape index (κ1) is 22.1. The van der Waals surface area contributed by atoms with Crippen molar-refractivity contribution in [3.63, 3.8) is 0 Å². The molecule has 8 nitrogen and oxygen atoms in total. The first-order valence-electron chi connectivity index (χ1n) is 10.7. The zero-order chi connectivity index (χ0) is 21.9. The number of para-hydroxylation sites is 1. The Kier molecular flexibility index (Phi) is 8.28. The van der Waals surface area contributed by atoms with E-state index in [4.69, 9.17) is 0 Å². The summed E-state index contributed by atoms with van der Waals surface area (Å²) in [5.41, 5.74) is 2.01. The molecular weight excluding hydrogens is 394 g/mol. The minimum absolute atomic E-state index is 0.0847. The van der Waals surface area contributed by atoms with Crippen molar-refractivity contribution in [3.05, 3.63) is 54.6 Å². The second-order valence-electron chi connectivity index (χ2n) is 7.45. The SMILES string of the molecule is O=C(CCNC(=O)Nc1ccccc1)Nc1ccc(NC(=O)N2CCCCCC2)cc1. The molecule has 0 aromatic heterocycles. The van der Waals surface area contributed by atoms with Crippen LogP contribution in [0, 0.1) is 0 Å². The van der Waals surface area contributed by atoms with E-state index in [1.807, 2.05) is 23.1 Å². The van der Waals surface area contributed by atoms with Gasteiger partial charge in [-0.2, -0.15) is 0 Å². The number of anilines is 3. The number of nitrogens with zero attached hydrogens (tertiary/aromatic N) is 1. The second-order valence-corrected chi connectivity index (χ2v) is 7.45. The van der Waals surface area contributed by atoms with Gasteiger partial charge in [-0.1, -0.05) is 31.0 Å². The van der Waals surface area contributed by atoms with Crippen molar-refractivity contribution in [2.45, 2.75) is 32.1 Å². The molecule has 0 bridgehead atoms. The van der Waals surface area contributed by atoms with Crippen LogP contribution in [-0.4, -0.2) is 42.5 Å². The number of rotatable bonds is 6. The zero-order valence-corrected chi connectivity index (χ0v) is 17.5. The van der Waals surface area contributed by atoms with E-state index in [1.165, 1.54) is 12.8 Å². The largest absolute Gasteiger partial charge is 0.337 e. The van der Waals surface area contributed by atoms with Gasteiger partial charge in [-0.15, -0.1) is 0 Å². The van der Waals surface area contributed by atoms with E-state index < -0.39 is 0 Å². The highest BCUT2D eigenvalue weighted by molar-refractivity contribution is 5.93.